The van der Waals surface area contributed by atoms with Crippen molar-refractivity contribution in [1.82, 2.24) is 19.4 Å². The quantitative estimate of drug-likeness (QED) is 0.423. The van der Waals surface area contributed by atoms with Gasteiger partial charge in [0.05, 0.1) is 18.1 Å². The van der Waals surface area contributed by atoms with Crippen LogP contribution in [-0.4, -0.2) is 65.2 Å². The van der Waals surface area contributed by atoms with Crippen LogP contribution in [0.15, 0.2) is 30.3 Å². The molecule has 5 rings (SSSR count). The molecule has 5 nitrogen and oxygen atoms in total. The van der Waals surface area contributed by atoms with Gasteiger partial charge in [0.25, 0.3) is 0 Å². The number of halogens is 1. The zero-order valence-corrected chi connectivity index (χ0v) is 22.6. The van der Waals surface area contributed by atoms with E-state index in [1.807, 2.05) is 13.1 Å². The van der Waals surface area contributed by atoms with E-state index in [-0.39, 0.29) is 11.6 Å². The van der Waals surface area contributed by atoms with Gasteiger partial charge >= 0.3 is 0 Å². The van der Waals surface area contributed by atoms with Gasteiger partial charge in [0, 0.05) is 25.2 Å². The normalized spacial score (nSPS) is 19.0. The number of benzene rings is 2. The van der Waals surface area contributed by atoms with Crippen LogP contribution in [-0.2, 0) is 7.05 Å². The molecule has 0 N–H and O–H groups in total. The van der Waals surface area contributed by atoms with Crippen LogP contribution in [0.25, 0.3) is 22.4 Å². The summed E-state index contributed by atoms with van der Waals surface area (Å²) in [5, 5.41) is 0. The Hall–Kier alpha value is -2.44. The Morgan fingerprint density at radius 2 is 1.75 bits per heavy atom. The number of aryl methyl sites for hydroxylation is 2. The van der Waals surface area contributed by atoms with Crippen LogP contribution in [0.1, 0.15) is 56.6 Å². The number of nitrogens with zero attached hydrogens (tertiary/aromatic N) is 4. The number of imidazole rings is 1. The second-order valence-corrected chi connectivity index (χ2v) is 11.3. The van der Waals surface area contributed by atoms with E-state index in [0.717, 1.165) is 34.4 Å². The van der Waals surface area contributed by atoms with Gasteiger partial charge in [-0.05, 0) is 106 Å². The summed E-state index contributed by atoms with van der Waals surface area (Å²) in [7, 11) is 3.52. The number of fused-ring (bicyclic) bond motifs is 1. The molecule has 0 amide bonds. The summed E-state index contributed by atoms with van der Waals surface area (Å²) in [5.74, 6) is 2.01. The van der Waals surface area contributed by atoms with Crippen molar-refractivity contribution in [2.45, 2.75) is 58.4 Å². The summed E-state index contributed by atoms with van der Waals surface area (Å²) in [4.78, 5) is 10.3. The first-order valence-electron chi connectivity index (χ1n) is 13.6. The molecule has 2 fully saturated rings. The molecule has 0 atom stereocenters. The standard InChI is InChI=1S/C30H41FN4O/c1-20(2)19-34-12-10-25(11-13-34)35-14-8-22(9-15-35)24-16-21(3)29-27(18-24)33(4)30(32-29)23-6-7-28(36-5)26(31)17-23/h6-7,16-18,20,22,25H,8-15,19H2,1-5H3. The number of aromatic nitrogens is 2. The maximum Gasteiger partial charge on any atom is 0.165 e. The Kier molecular flexibility index (Phi) is 7.36. The highest BCUT2D eigenvalue weighted by Crippen LogP contribution is 2.35. The van der Waals surface area contributed by atoms with E-state index in [2.05, 4.69) is 47.3 Å². The maximum absolute atomic E-state index is 14.4. The Labute approximate surface area is 215 Å². The molecule has 1 aromatic heterocycles. The molecule has 0 unspecified atom stereocenters. The molecule has 0 spiro atoms. The van der Waals surface area contributed by atoms with E-state index in [1.165, 1.54) is 82.7 Å². The summed E-state index contributed by atoms with van der Waals surface area (Å²) >= 11 is 0. The van der Waals surface area contributed by atoms with Crippen molar-refractivity contribution in [3.63, 3.8) is 0 Å². The van der Waals surface area contributed by atoms with Crippen molar-refractivity contribution < 1.29 is 9.13 Å². The minimum Gasteiger partial charge on any atom is -0.494 e. The van der Waals surface area contributed by atoms with E-state index >= 15 is 0 Å². The molecule has 0 radical (unpaired) electrons. The summed E-state index contributed by atoms with van der Waals surface area (Å²) < 4.78 is 21.6. The second-order valence-electron chi connectivity index (χ2n) is 11.3. The number of hydrogen-bond donors (Lipinski definition) is 0. The smallest absolute Gasteiger partial charge is 0.165 e. The molecule has 6 heteroatoms. The van der Waals surface area contributed by atoms with E-state index in [4.69, 9.17) is 9.72 Å². The van der Waals surface area contributed by atoms with Gasteiger partial charge in [0.15, 0.2) is 11.6 Å². The summed E-state index contributed by atoms with van der Waals surface area (Å²) in [6.45, 7) is 12.9. The van der Waals surface area contributed by atoms with Gasteiger partial charge < -0.3 is 19.1 Å². The SMILES string of the molecule is COc1ccc(-c2nc3c(C)cc(C4CCN(C5CCN(CC(C)C)CC5)CC4)cc3n2C)cc1F. The van der Waals surface area contributed by atoms with Crippen molar-refractivity contribution in [2.24, 2.45) is 13.0 Å². The highest BCUT2D eigenvalue weighted by Gasteiger charge is 2.29. The summed E-state index contributed by atoms with van der Waals surface area (Å²) in [6, 6.07) is 10.5. The zero-order chi connectivity index (χ0) is 25.4. The highest BCUT2D eigenvalue weighted by molar-refractivity contribution is 5.84. The fourth-order valence-corrected chi connectivity index (χ4v) is 6.37. The lowest BCUT2D eigenvalue weighted by molar-refractivity contribution is 0.0828. The predicted molar refractivity (Wildman–Crippen MR) is 145 cm³/mol. The third-order valence-corrected chi connectivity index (χ3v) is 8.31. The lowest BCUT2D eigenvalue weighted by Crippen LogP contribution is -2.48. The lowest BCUT2D eigenvalue weighted by atomic mass is 9.87. The van der Waals surface area contributed by atoms with Gasteiger partial charge in [-0.1, -0.05) is 19.9 Å². The summed E-state index contributed by atoms with van der Waals surface area (Å²) in [5.41, 5.74) is 5.50. The van der Waals surface area contributed by atoms with Gasteiger partial charge in [0.1, 0.15) is 5.82 Å². The van der Waals surface area contributed by atoms with Crippen molar-refractivity contribution >= 4 is 11.0 Å². The van der Waals surface area contributed by atoms with Crippen LogP contribution in [0, 0.1) is 18.7 Å². The van der Waals surface area contributed by atoms with Crippen molar-refractivity contribution in [3.8, 4) is 17.1 Å². The second kappa shape index (κ2) is 10.5. The average Bonchev–Trinajstić information content (AvgIpc) is 3.21. The fraction of sp³-hybridized carbons (Fsp3) is 0.567. The van der Waals surface area contributed by atoms with Crippen molar-refractivity contribution in [3.05, 3.63) is 47.3 Å². The maximum atomic E-state index is 14.4. The molecule has 36 heavy (non-hydrogen) atoms. The Bertz CT molecular complexity index is 1200. The molecule has 3 heterocycles. The van der Waals surface area contributed by atoms with Crippen molar-refractivity contribution in [2.75, 3.05) is 39.8 Å². The molecule has 2 aliphatic rings. The van der Waals surface area contributed by atoms with Gasteiger partial charge in [-0.25, -0.2) is 9.37 Å². The monoisotopic (exact) mass is 492 g/mol. The van der Waals surface area contributed by atoms with Gasteiger partial charge in [-0.15, -0.1) is 0 Å². The van der Waals surface area contributed by atoms with E-state index in [1.54, 1.807) is 6.07 Å². The van der Waals surface area contributed by atoms with Crippen molar-refractivity contribution in [1.29, 1.82) is 0 Å². The third kappa shape index (κ3) is 5.03. The molecular formula is C30H41FN4O. The first-order valence-corrected chi connectivity index (χ1v) is 13.6. The van der Waals surface area contributed by atoms with Crippen LogP contribution >= 0.6 is 0 Å². The van der Waals surface area contributed by atoms with Crippen LogP contribution in [0.2, 0.25) is 0 Å². The molecule has 3 aromatic rings. The van der Waals surface area contributed by atoms with E-state index in [9.17, 15) is 4.39 Å². The largest absolute Gasteiger partial charge is 0.494 e. The molecule has 0 bridgehead atoms. The number of ether oxygens (including phenoxy) is 1. The number of piperidine rings is 2. The number of likely N-dealkylation sites (tertiary alicyclic amines) is 2. The van der Waals surface area contributed by atoms with Crippen LogP contribution in [0.3, 0.4) is 0 Å². The number of methoxy groups -OCH3 is 1. The van der Waals surface area contributed by atoms with Gasteiger partial charge in [0.2, 0.25) is 0 Å². The highest BCUT2D eigenvalue weighted by atomic mass is 19.1. The van der Waals surface area contributed by atoms with Crippen LogP contribution in [0.5, 0.6) is 5.75 Å². The Morgan fingerprint density at radius 3 is 2.39 bits per heavy atom. The molecular weight excluding hydrogens is 451 g/mol. The van der Waals surface area contributed by atoms with Gasteiger partial charge in [-0.3, -0.25) is 0 Å². The van der Waals surface area contributed by atoms with E-state index in [0.29, 0.717) is 5.92 Å². The summed E-state index contributed by atoms with van der Waals surface area (Å²) in [6.07, 6.45) is 5.05. The Morgan fingerprint density at radius 1 is 1.03 bits per heavy atom. The average molecular weight is 493 g/mol. The minimum atomic E-state index is -0.364. The predicted octanol–water partition coefficient (Wildman–Crippen LogP) is 6.00. The Balaban J connectivity index is 1.29. The van der Waals surface area contributed by atoms with Crippen LogP contribution < -0.4 is 4.74 Å². The van der Waals surface area contributed by atoms with E-state index < -0.39 is 0 Å². The molecule has 2 aromatic carbocycles. The number of hydrogen-bond acceptors (Lipinski definition) is 4. The molecule has 2 saturated heterocycles. The minimum absolute atomic E-state index is 0.253. The zero-order valence-electron chi connectivity index (χ0n) is 22.6. The molecule has 194 valence electrons. The molecule has 0 saturated carbocycles. The lowest BCUT2D eigenvalue weighted by Gasteiger charge is -2.42. The molecule has 0 aliphatic carbocycles. The fourth-order valence-electron chi connectivity index (χ4n) is 6.37. The molecule has 2 aliphatic heterocycles. The van der Waals surface area contributed by atoms with Gasteiger partial charge in [-0.2, -0.15) is 0 Å². The van der Waals surface area contributed by atoms with Crippen LogP contribution in [0.4, 0.5) is 4.39 Å². The number of rotatable bonds is 6. The topological polar surface area (TPSA) is 33.5 Å². The first-order chi connectivity index (χ1) is 17.3. The first kappa shape index (κ1) is 25.2. The third-order valence-electron chi connectivity index (χ3n) is 8.31.